The molecule has 1 aromatic heterocycles. The number of hydrogen-bond acceptors (Lipinski definition) is 11. The molecular weight excluding hydrogens is 731 g/mol. The van der Waals surface area contributed by atoms with Gasteiger partial charge in [0.1, 0.15) is 17.2 Å². The van der Waals surface area contributed by atoms with Crippen LogP contribution >= 0.6 is 0 Å². The fourth-order valence-electron chi connectivity index (χ4n) is 6.80. The summed E-state index contributed by atoms with van der Waals surface area (Å²) in [5.41, 5.74) is 2.22. The summed E-state index contributed by atoms with van der Waals surface area (Å²) in [6.07, 6.45) is 3.01. The summed E-state index contributed by atoms with van der Waals surface area (Å²) in [4.78, 5) is 56.5. The SMILES string of the molecule is CCCC[N+](C)(C)CCCOc1ccc2c(c1)c(C(=O)Oc1c(C)cc(C(=O)ON3C(=O)CCC3=O)cc1C)c1cc(OC)ccc1[n+]2CCCS(=O)(=O)[O-]. The van der Waals surface area contributed by atoms with E-state index in [0.717, 1.165) is 36.8 Å². The Morgan fingerprint density at radius 1 is 0.855 bits per heavy atom. The summed E-state index contributed by atoms with van der Waals surface area (Å²) in [5.74, 6) is -2.25. The molecule has 2 heterocycles. The Kier molecular flexibility index (Phi) is 12.8. The molecule has 0 spiro atoms. The Bertz CT molecular complexity index is 2210. The Morgan fingerprint density at radius 3 is 2.02 bits per heavy atom. The average Bonchev–Trinajstić information content (AvgIpc) is 3.44. The lowest BCUT2D eigenvalue weighted by atomic mass is 10.0. The highest BCUT2D eigenvalue weighted by Crippen LogP contribution is 2.33. The molecule has 0 bridgehead atoms. The van der Waals surface area contributed by atoms with E-state index >= 15 is 0 Å². The second kappa shape index (κ2) is 17.1. The van der Waals surface area contributed by atoms with Gasteiger partial charge in [-0.05, 0) is 67.8 Å². The zero-order valence-corrected chi connectivity index (χ0v) is 33.0. The zero-order chi connectivity index (χ0) is 40.1. The predicted octanol–water partition coefficient (Wildman–Crippen LogP) is 4.93. The van der Waals surface area contributed by atoms with Crippen LogP contribution in [0.4, 0.5) is 0 Å². The lowest BCUT2D eigenvalue weighted by molar-refractivity contribution is -0.890. The maximum Gasteiger partial charge on any atom is 0.363 e. The lowest BCUT2D eigenvalue weighted by Crippen LogP contribution is -2.41. The number of imide groups is 1. The maximum absolute atomic E-state index is 14.5. The number of amides is 2. The number of carbonyl (C=O) groups excluding carboxylic acids is 4. The van der Waals surface area contributed by atoms with Crippen LogP contribution in [0.2, 0.25) is 0 Å². The number of hydrogen-bond donors (Lipinski definition) is 0. The molecule has 0 unspecified atom stereocenters. The van der Waals surface area contributed by atoms with Crippen LogP contribution in [0.5, 0.6) is 17.2 Å². The van der Waals surface area contributed by atoms with Crippen molar-refractivity contribution in [2.45, 2.75) is 65.8 Å². The van der Waals surface area contributed by atoms with Crippen molar-refractivity contribution in [3.8, 4) is 17.2 Å². The van der Waals surface area contributed by atoms with E-state index in [1.807, 2.05) is 4.57 Å². The van der Waals surface area contributed by atoms with Gasteiger partial charge in [0.05, 0.1) is 72.9 Å². The number of aryl methyl sites for hydroxylation is 3. The summed E-state index contributed by atoms with van der Waals surface area (Å²) in [6, 6.07) is 13.4. The van der Waals surface area contributed by atoms with E-state index in [1.54, 1.807) is 50.2 Å². The number of unbranched alkanes of at least 4 members (excludes halogenated alkanes) is 1. The van der Waals surface area contributed by atoms with Crippen LogP contribution in [-0.2, 0) is 31.1 Å². The van der Waals surface area contributed by atoms with Gasteiger partial charge in [0, 0.05) is 43.6 Å². The van der Waals surface area contributed by atoms with Crippen molar-refractivity contribution in [1.29, 1.82) is 0 Å². The molecule has 0 N–H and O–H groups in total. The first-order valence-electron chi connectivity index (χ1n) is 18.3. The van der Waals surface area contributed by atoms with Gasteiger partial charge in [-0.25, -0.2) is 18.0 Å². The molecule has 0 saturated carbocycles. The van der Waals surface area contributed by atoms with Gasteiger partial charge in [-0.1, -0.05) is 13.3 Å². The fourth-order valence-corrected chi connectivity index (χ4v) is 7.28. The van der Waals surface area contributed by atoms with Crippen LogP contribution in [-0.4, -0.2) is 92.9 Å². The highest BCUT2D eigenvalue weighted by molar-refractivity contribution is 7.85. The lowest BCUT2D eigenvalue weighted by Gasteiger charge is -2.29. The number of aromatic nitrogens is 1. The second-order valence-corrected chi connectivity index (χ2v) is 16.0. The van der Waals surface area contributed by atoms with Crippen LogP contribution in [0, 0.1) is 13.8 Å². The third-order valence-electron chi connectivity index (χ3n) is 9.64. The molecule has 1 aliphatic rings. The van der Waals surface area contributed by atoms with Gasteiger partial charge >= 0.3 is 11.9 Å². The van der Waals surface area contributed by atoms with Crippen molar-refractivity contribution in [2.24, 2.45) is 0 Å². The number of esters is 1. The molecule has 5 rings (SSSR count). The molecule has 55 heavy (non-hydrogen) atoms. The number of carbonyl (C=O) groups is 4. The van der Waals surface area contributed by atoms with Crippen molar-refractivity contribution in [3.05, 3.63) is 70.8 Å². The normalized spacial score (nSPS) is 13.5. The van der Waals surface area contributed by atoms with Gasteiger partial charge in [0.25, 0.3) is 11.8 Å². The van der Waals surface area contributed by atoms with E-state index in [9.17, 15) is 32.1 Å². The van der Waals surface area contributed by atoms with Gasteiger partial charge in [-0.15, -0.1) is 5.06 Å². The largest absolute Gasteiger partial charge is 0.748 e. The average molecular weight is 779 g/mol. The number of fused-ring (bicyclic) bond motifs is 2. The van der Waals surface area contributed by atoms with Gasteiger partial charge in [0.2, 0.25) is 11.0 Å². The van der Waals surface area contributed by atoms with Crippen LogP contribution in [0.15, 0.2) is 48.5 Å². The molecule has 0 radical (unpaired) electrons. The van der Waals surface area contributed by atoms with Gasteiger partial charge in [0.15, 0.2) is 6.54 Å². The number of methoxy groups -OCH3 is 1. The molecule has 2 amide bonds. The minimum Gasteiger partial charge on any atom is -0.748 e. The van der Waals surface area contributed by atoms with Gasteiger partial charge in [-0.3, -0.25) is 9.59 Å². The van der Waals surface area contributed by atoms with Crippen molar-refractivity contribution < 1.29 is 60.2 Å². The molecular formula is C40H48N3O11S+. The quantitative estimate of drug-likeness (QED) is 0.0208. The van der Waals surface area contributed by atoms with Crippen LogP contribution in [0.1, 0.15) is 77.3 Å². The molecule has 0 atom stereocenters. The first-order valence-corrected chi connectivity index (χ1v) is 19.9. The molecule has 0 aliphatic carbocycles. The number of ether oxygens (including phenoxy) is 3. The molecule has 3 aromatic carbocycles. The highest BCUT2D eigenvalue weighted by Gasteiger charge is 2.34. The molecule has 14 nitrogen and oxygen atoms in total. The predicted molar refractivity (Wildman–Crippen MR) is 202 cm³/mol. The van der Waals surface area contributed by atoms with Gasteiger partial charge < -0.3 is 28.1 Å². The Hall–Kier alpha value is -5.12. The van der Waals surface area contributed by atoms with Crippen LogP contribution in [0.25, 0.3) is 21.8 Å². The van der Waals surface area contributed by atoms with Crippen molar-refractivity contribution in [1.82, 2.24) is 5.06 Å². The number of quaternary nitrogens is 1. The topological polar surface area (TPSA) is 170 Å². The monoisotopic (exact) mass is 778 g/mol. The summed E-state index contributed by atoms with van der Waals surface area (Å²) < 4.78 is 55.2. The second-order valence-electron chi connectivity index (χ2n) is 14.4. The smallest absolute Gasteiger partial charge is 0.363 e. The Balaban J connectivity index is 1.54. The third kappa shape index (κ3) is 9.96. The maximum atomic E-state index is 14.5. The first kappa shape index (κ1) is 41.1. The molecule has 4 aromatic rings. The van der Waals surface area contributed by atoms with Crippen molar-refractivity contribution in [2.75, 3.05) is 46.7 Å². The number of hydroxylamine groups is 2. The van der Waals surface area contributed by atoms with E-state index in [-0.39, 0.29) is 42.7 Å². The molecule has 1 fully saturated rings. The van der Waals surface area contributed by atoms with E-state index in [0.29, 0.717) is 56.1 Å². The summed E-state index contributed by atoms with van der Waals surface area (Å²) in [7, 11) is 1.42. The Labute approximate surface area is 320 Å². The third-order valence-corrected chi connectivity index (χ3v) is 10.4. The van der Waals surface area contributed by atoms with Crippen molar-refractivity contribution >= 4 is 55.7 Å². The van der Waals surface area contributed by atoms with E-state index in [1.165, 1.54) is 19.2 Å². The van der Waals surface area contributed by atoms with E-state index in [2.05, 4.69) is 21.0 Å². The Morgan fingerprint density at radius 2 is 1.44 bits per heavy atom. The first-order chi connectivity index (χ1) is 26.0. The van der Waals surface area contributed by atoms with E-state index in [4.69, 9.17) is 19.0 Å². The van der Waals surface area contributed by atoms with Gasteiger partial charge in [-0.2, -0.15) is 4.57 Å². The number of pyridine rings is 1. The molecule has 1 aliphatic heterocycles. The summed E-state index contributed by atoms with van der Waals surface area (Å²) in [6.45, 7) is 8.05. The number of nitrogens with zero attached hydrogens (tertiary/aromatic N) is 3. The standard InChI is InChI=1S/C40H48N3O11S/c1-7-8-18-43(4,5)19-10-20-52-30-12-14-34-32(25-30)37(31-24-29(51-6)11-13-33(31)41(34)17-9-21-55(48,49)50)40(47)53-38-26(2)22-28(23-27(38)3)39(46)54-42-35(44)15-16-36(42)45/h11-14,22-25H,7-10,15-21H2,1-6H3/q+1. The highest BCUT2D eigenvalue weighted by atomic mass is 32.2. The minimum absolute atomic E-state index is 0.0358. The fraction of sp³-hybridized carbons (Fsp3) is 0.425. The molecule has 294 valence electrons. The van der Waals surface area contributed by atoms with Crippen LogP contribution < -0.4 is 18.8 Å². The van der Waals surface area contributed by atoms with Crippen LogP contribution in [0.3, 0.4) is 0 Å². The van der Waals surface area contributed by atoms with Crippen molar-refractivity contribution in [3.63, 3.8) is 0 Å². The number of benzene rings is 3. The summed E-state index contributed by atoms with van der Waals surface area (Å²) >= 11 is 0. The summed E-state index contributed by atoms with van der Waals surface area (Å²) in [5, 5.41) is 1.38. The molecule has 15 heteroatoms. The molecule has 1 saturated heterocycles. The minimum atomic E-state index is -4.47. The zero-order valence-electron chi connectivity index (χ0n) is 32.1. The van der Waals surface area contributed by atoms with E-state index < -0.39 is 39.6 Å². The number of rotatable bonds is 17.